The van der Waals surface area contributed by atoms with Gasteiger partial charge in [0.25, 0.3) is 0 Å². The molecule has 3 heteroatoms. The first kappa shape index (κ1) is 14.7. The van der Waals surface area contributed by atoms with Gasteiger partial charge < -0.3 is 10.5 Å². The van der Waals surface area contributed by atoms with Gasteiger partial charge in [-0.25, -0.2) is 0 Å². The number of para-hydroxylation sites is 2. The lowest BCUT2D eigenvalue weighted by molar-refractivity contribution is 0.0569. The van der Waals surface area contributed by atoms with Crippen LogP contribution in [0.15, 0.2) is 24.3 Å². The van der Waals surface area contributed by atoms with Gasteiger partial charge in [0.1, 0.15) is 5.75 Å². The van der Waals surface area contributed by atoms with Crippen LogP contribution in [-0.2, 0) is 0 Å². The number of nitrogens with zero attached hydrogens (tertiary/aromatic N) is 1. The highest BCUT2D eigenvalue weighted by Gasteiger charge is 2.32. The van der Waals surface area contributed by atoms with Gasteiger partial charge in [0.2, 0.25) is 0 Å². The van der Waals surface area contributed by atoms with Crippen molar-refractivity contribution >= 4 is 5.69 Å². The molecule has 2 aliphatic rings. The van der Waals surface area contributed by atoms with Gasteiger partial charge in [0, 0.05) is 12.6 Å². The van der Waals surface area contributed by atoms with Crippen molar-refractivity contribution in [3.8, 4) is 5.75 Å². The van der Waals surface area contributed by atoms with Crippen LogP contribution >= 0.6 is 0 Å². The molecule has 21 heavy (non-hydrogen) atoms. The molecule has 1 aliphatic carbocycles. The fourth-order valence-corrected chi connectivity index (χ4v) is 4.07. The number of benzene rings is 1. The van der Waals surface area contributed by atoms with Gasteiger partial charge in [0.15, 0.2) is 0 Å². The SMILES string of the molecule is Nc1ccccc1OCCCN1CCCC2CCCCC21. The predicted molar refractivity (Wildman–Crippen MR) is 87.5 cm³/mol. The summed E-state index contributed by atoms with van der Waals surface area (Å²) in [6.07, 6.45) is 9.68. The summed E-state index contributed by atoms with van der Waals surface area (Å²) < 4.78 is 5.81. The maximum atomic E-state index is 5.90. The molecule has 1 saturated heterocycles. The van der Waals surface area contributed by atoms with Crippen molar-refractivity contribution in [3.63, 3.8) is 0 Å². The zero-order valence-corrected chi connectivity index (χ0v) is 13.0. The summed E-state index contributed by atoms with van der Waals surface area (Å²) in [6.45, 7) is 3.23. The molecule has 116 valence electrons. The molecule has 0 amide bonds. The van der Waals surface area contributed by atoms with Crippen molar-refractivity contribution in [1.82, 2.24) is 4.90 Å². The van der Waals surface area contributed by atoms with Crippen molar-refractivity contribution in [2.45, 2.75) is 51.0 Å². The van der Waals surface area contributed by atoms with E-state index in [0.717, 1.165) is 36.4 Å². The summed E-state index contributed by atoms with van der Waals surface area (Å²) in [6, 6.07) is 8.62. The minimum absolute atomic E-state index is 0.739. The summed E-state index contributed by atoms with van der Waals surface area (Å²) in [4.78, 5) is 2.73. The normalized spacial score (nSPS) is 26.3. The van der Waals surface area contributed by atoms with Gasteiger partial charge in [-0.05, 0) is 56.7 Å². The number of piperidine rings is 1. The van der Waals surface area contributed by atoms with E-state index in [9.17, 15) is 0 Å². The van der Waals surface area contributed by atoms with Gasteiger partial charge in [-0.2, -0.15) is 0 Å². The Hall–Kier alpha value is -1.22. The molecular formula is C18H28N2O. The summed E-state index contributed by atoms with van der Waals surface area (Å²) in [5, 5.41) is 0. The lowest BCUT2D eigenvalue weighted by atomic mass is 9.78. The van der Waals surface area contributed by atoms with Gasteiger partial charge >= 0.3 is 0 Å². The van der Waals surface area contributed by atoms with Crippen molar-refractivity contribution in [2.24, 2.45) is 5.92 Å². The number of rotatable bonds is 5. The third-order valence-corrected chi connectivity index (χ3v) is 5.12. The van der Waals surface area contributed by atoms with Crippen LogP contribution in [0.3, 0.4) is 0 Å². The Morgan fingerprint density at radius 1 is 1.10 bits per heavy atom. The molecule has 1 heterocycles. The molecule has 1 aromatic rings. The van der Waals surface area contributed by atoms with Gasteiger partial charge in [0.05, 0.1) is 12.3 Å². The zero-order chi connectivity index (χ0) is 14.5. The van der Waals surface area contributed by atoms with E-state index >= 15 is 0 Å². The lowest BCUT2D eigenvalue weighted by Gasteiger charge is -2.44. The van der Waals surface area contributed by atoms with Crippen molar-refractivity contribution in [2.75, 3.05) is 25.4 Å². The van der Waals surface area contributed by atoms with Crippen LogP contribution in [0.1, 0.15) is 44.9 Å². The van der Waals surface area contributed by atoms with Gasteiger partial charge in [-0.1, -0.05) is 25.0 Å². The second-order valence-corrected chi connectivity index (χ2v) is 6.53. The van der Waals surface area contributed by atoms with E-state index in [1.54, 1.807) is 0 Å². The molecule has 2 atom stereocenters. The smallest absolute Gasteiger partial charge is 0.142 e. The number of ether oxygens (including phenoxy) is 1. The highest BCUT2D eigenvalue weighted by Crippen LogP contribution is 2.35. The number of fused-ring (bicyclic) bond motifs is 1. The maximum absolute atomic E-state index is 5.90. The Bertz CT molecular complexity index is 447. The topological polar surface area (TPSA) is 38.5 Å². The minimum Gasteiger partial charge on any atom is -0.491 e. The van der Waals surface area contributed by atoms with E-state index in [0.29, 0.717) is 0 Å². The number of nitrogens with two attached hydrogens (primary N) is 1. The monoisotopic (exact) mass is 288 g/mol. The molecule has 3 nitrogen and oxygen atoms in total. The molecule has 0 radical (unpaired) electrons. The summed E-state index contributed by atoms with van der Waals surface area (Å²) in [5.74, 6) is 1.80. The molecule has 1 aromatic carbocycles. The van der Waals surface area contributed by atoms with Crippen molar-refractivity contribution in [1.29, 1.82) is 0 Å². The molecule has 0 bridgehead atoms. The van der Waals surface area contributed by atoms with Crippen LogP contribution in [0.25, 0.3) is 0 Å². The maximum Gasteiger partial charge on any atom is 0.142 e. The molecule has 1 saturated carbocycles. The Morgan fingerprint density at radius 2 is 1.90 bits per heavy atom. The molecule has 0 spiro atoms. The van der Waals surface area contributed by atoms with Crippen LogP contribution in [-0.4, -0.2) is 30.6 Å². The zero-order valence-electron chi connectivity index (χ0n) is 13.0. The third-order valence-electron chi connectivity index (χ3n) is 5.12. The second kappa shape index (κ2) is 7.17. The van der Waals surface area contributed by atoms with Gasteiger partial charge in [-0.15, -0.1) is 0 Å². The van der Waals surface area contributed by atoms with Crippen LogP contribution < -0.4 is 10.5 Å². The van der Waals surface area contributed by atoms with Gasteiger partial charge in [-0.3, -0.25) is 4.90 Å². The van der Waals surface area contributed by atoms with E-state index in [4.69, 9.17) is 10.5 Å². The Balaban J connectivity index is 1.43. The van der Waals surface area contributed by atoms with E-state index in [2.05, 4.69) is 4.90 Å². The molecule has 2 fully saturated rings. The number of hydrogen-bond donors (Lipinski definition) is 1. The summed E-state index contributed by atoms with van der Waals surface area (Å²) in [5.41, 5.74) is 6.64. The van der Waals surface area contributed by atoms with Crippen molar-refractivity contribution in [3.05, 3.63) is 24.3 Å². The number of likely N-dealkylation sites (tertiary alicyclic amines) is 1. The average Bonchev–Trinajstić information content (AvgIpc) is 2.53. The number of nitrogen functional groups attached to an aromatic ring is 1. The second-order valence-electron chi connectivity index (χ2n) is 6.53. The van der Waals surface area contributed by atoms with E-state index < -0.39 is 0 Å². The largest absolute Gasteiger partial charge is 0.491 e. The Morgan fingerprint density at radius 3 is 2.81 bits per heavy atom. The first-order valence-corrected chi connectivity index (χ1v) is 8.56. The predicted octanol–water partition coefficient (Wildman–Crippen LogP) is 3.69. The summed E-state index contributed by atoms with van der Waals surface area (Å²) >= 11 is 0. The highest BCUT2D eigenvalue weighted by atomic mass is 16.5. The average molecular weight is 288 g/mol. The van der Waals surface area contributed by atoms with Crippen LogP contribution in [0.2, 0.25) is 0 Å². The first-order valence-electron chi connectivity index (χ1n) is 8.56. The van der Waals surface area contributed by atoms with Crippen LogP contribution in [0.5, 0.6) is 5.75 Å². The molecule has 0 aromatic heterocycles. The number of hydrogen-bond acceptors (Lipinski definition) is 3. The molecular weight excluding hydrogens is 260 g/mol. The van der Waals surface area contributed by atoms with E-state index in [1.807, 2.05) is 24.3 Å². The molecule has 2 unspecified atom stereocenters. The van der Waals surface area contributed by atoms with E-state index in [1.165, 1.54) is 51.6 Å². The lowest BCUT2D eigenvalue weighted by Crippen LogP contribution is -2.47. The number of anilines is 1. The minimum atomic E-state index is 0.739. The molecule has 1 aliphatic heterocycles. The first-order chi connectivity index (χ1) is 10.3. The standard InChI is InChI=1S/C18H28N2O/c19-16-9-2-4-11-18(16)21-14-6-13-20-12-5-8-15-7-1-3-10-17(15)20/h2,4,9,11,15,17H,1,3,5-8,10,12-14,19H2. The molecule has 2 N–H and O–H groups in total. The highest BCUT2D eigenvalue weighted by molar-refractivity contribution is 5.51. The summed E-state index contributed by atoms with van der Waals surface area (Å²) in [7, 11) is 0. The van der Waals surface area contributed by atoms with Crippen molar-refractivity contribution < 1.29 is 4.74 Å². The van der Waals surface area contributed by atoms with E-state index in [-0.39, 0.29) is 0 Å². The Labute approximate surface area is 128 Å². The third kappa shape index (κ3) is 3.70. The quantitative estimate of drug-likeness (QED) is 0.663. The van der Waals surface area contributed by atoms with Crippen LogP contribution in [0, 0.1) is 5.92 Å². The fraction of sp³-hybridized carbons (Fsp3) is 0.667. The van der Waals surface area contributed by atoms with Crippen LogP contribution in [0.4, 0.5) is 5.69 Å². The Kier molecular flexibility index (Phi) is 5.02. The molecule has 3 rings (SSSR count). The fourth-order valence-electron chi connectivity index (χ4n) is 4.07.